The molecule has 176 valence electrons. The molecule has 0 unspecified atom stereocenters. The van der Waals surface area contributed by atoms with E-state index < -0.39 is 56.7 Å². The van der Waals surface area contributed by atoms with Crippen LogP contribution in [0.1, 0.15) is 21.8 Å². The predicted molar refractivity (Wildman–Crippen MR) is 126 cm³/mol. The topological polar surface area (TPSA) is 58.2 Å². The van der Waals surface area contributed by atoms with E-state index in [0.717, 1.165) is 18.2 Å². The number of benzene rings is 3. The molecule has 34 heavy (non-hydrogen) atoms. The second-order valence-corrected chi connectivity index (χ2v) is 9.91. The Hall–Kier alpha value is -2.45. The molecule has 0 aliphatic heterocycles. The Morgan fingerprint density at radius 1 is 0.824 bits per heavy atom. The number of hydrogen-bond acceptors (Lipinski definition) is 2. The van der Waals surface area contributed by atoms with Crippen LogP contribution in [0.4, 0.5) is 24.5 Å². The summed E-state index contributed by atoms with van der Waals surface area (Å²) in [5.41, 5.74) is -0.287. The maximum atomic E-state index is 14.4. The summed E-state index contributed by atoms with van der Waals surface area (Å²) in [5, 5.41) is 5.31. The number of hydrogen-bond donors (Lipinski definition) is 2. The Labute approximate surface area is 211 Å². The van der Waals surface area contributed by atoms with E-state index in [0.29, 0.717) is 21.7 Å². The summed E-state index contributed by atoms with van der Waals surface area (Å²) < 4.78 is 40.2. The number of anilines is 2. The molecule has 3 aromatic rings. The third-order valence-electron chi connectivity index (χ3n) is 5.24. The summed E-state index contributed by atoms with van der Waals surface area (Å²) >= 11 is 24.6. The van der Waals surface area contributed by atoms with Gasteiger partial charge in [-0.15, -0.1) is 23.2 Å². The Bertz CT molecular complexity index is 1280. The highest BCUT2D eigenvalue weighted by Crippen LogP contribution is 2.65. The summed E-state index contributed by atoms with van der Waals surface area (Å²) in [4.78, 5) is 25.3. The van der Waals surface area contributed by atoms with E-state index in [9.17, 15) is 22.8 Å². The van der Waals surface area contributed by atoms with Gasteiger partial charge < -0.3 is 10.6 Å². The van der Waals surface area contributed by atoms with Gasteiger partial charge in [0.2, 0.25) is 5.91 Å². The molecular formula is C23H13Cl4F3N2O2. The molecule has 0 saturated heterocycles. The van der Waals surface area contributed by atoms with Gasteiger partial charge in [0.1, 0.15) is 21.8 Å². The predicted octanol–water partition coefficient (Wildman–Crippen LogP) is 7.19. The first-order valence-electron chi connectivity index (χ1n) is 9.68. The van der Waals surface area contributed by atoms with Crippen LogP contribution in [0.5, 0.6) is 0 Å². The Morgan fingerprint density at radius 3 is 2.06 bits per heavy atom. The van der Waals surface area contributed by atoms with Crippen molar-refractivity contribution in [2.75, 3.05) is 10.6 Å². The fraction of sp³-hybridized carbons (Fsp3) is 0.130. The average Bonchev–Trinajstić information content (AvgIpc) is 3.33. The van der Waals surface area contributed by atoms with Crippen LogP contribution in [0, 0.1) is 23.4 Å². The molecule has 2 atom stereocenters. The third-order valence-corrected chi connectivity index (χ3v) is 6.62. The molecule has 0 aromatic heterocycles. The van der Waals surface area contributed by atoms with Gasteiger partial charge >= 0.3 is 0 Å². The second-order valence-electron chi connectivity index (χ2n) is 7.59. The van der Waals surface area contributed by atoms with Gasteiger partial charge in [0, 0.05) is 27.7 Å². The fourth-order valence-electron chi connectivity index (χ4n) is 3.58. The first kappa shape index (κ1) is 24.7. The Balaban J connectivity index is 1.55. The monoisotopic (exact) mass is 546 g/mol. The van der Waals surface area contributed by atoms with E-state index in [-0.39, 0.29) is 5.69 Å². The number of rotatable bonds is 5. The maximum absolute atomic E-state index is 14.4. The Kier molecular flexibility index (Phi) is 6.75. The van der Waals surface area contributed by atoms with E-state index in [1.54, 1.807) is 12.1 Å². The lowest BCUT2D eigenvalue weighted by molar-refractivity contribution is -0.117. The Morgan fingerprint density at radius 2 is 1.44 bits per heavy atom. The minimum Gasteiger partial charge on any atom is -0.323 e. The maximum Gasteiger partial charge on any atom is 0.258 e. The normalized spacial score (nSPS) is 18.3. The smallest absolute Gasteiger partial charge is 0.258 e. The van der Waals surface area contributed by atoms with Crippen LogP contribution in [0.3, 0.4) is 0 Å². The van der Waals surface area contributed by atoms with E-state index >= 15 is 0 Å². The molecule has 2 amide bonds. The van der Waals surface area contributed by atoms with Crippen molar-refractivity contribution in [1.29, 1.82) is 0 Å². The molecule has 4 nitrogen and oxygen atoms in total. The first-order valence-corrected chi connectivity index (χ1v) is 11.2. The molecule has 0 heterocycles. The SMILES string of the molecule is O=C(Nc1ccc(F)cc1)c1cc(NC(=O)[C@H]2[C@H](c3cc(Cl)cc(Cl)c3)C2(Cl)Cl)c(F)cc1F. The van der Waals surface area contributed by atoms with Crippen LogP contribution in [-0.2, 0) is 4.79 Å². The molecule has 1 saturated carbocycles. The highest BCUT2D eigenvalue weighted by atomic mass is 35.5. The number of carbonyl (C=O) groups is 2. The molecule has 11 heteroatoms. The van der Waals surface area contributed by atoms with Crippen molar-refractivity contribution in [2.45, 2.75) is 10.3 Å². The van der Waals surface area contributed by atoms with E-state index in [4.69, 9.17) is 46.4 Å². The molecular weight excluding hydrogens is 535 g/mol. The summed E-state index contributed by atoms with van der Waals surface area (Å²) in [6.07, 6.45) is 0. The van der Waals surface area contributed by atoms with E-state index in [1.165, 1.54) is 18.2 Å². The van der Waals surface area contributed by atoms with Gasteiger partial charge in [0.05, 0.1) is 17.2 Å². The molecule has 1 aliphatic rings. The quantitative estimate of drug-likeness (QED) is 0.332. The van der Waals surface area contributed by atoms with Crippen LogP contribution >= 0.6 is 46.4 Å². The van der Waals surface area contributed by atoms with Gasteiger partial charge in [-0.05, 0) is 54.1 Å². The van der Waals surface area contributed by atoms with E-state index in [1.807, 2.05) is 0 Å². The van der Waals surface area contributed by atoms with E-state index in [2.05, 4.69) is 10.6 Å². The minimum absolute atomic E-state index is 0.191. The van der Waals surface area contributed by atoms with Gasteiger partial charge in [0.25, 0.3) is 5.91 Å². The van der Waals surface area contributed by atoms with Crippen LogP contribution < -0.4 is 10.6 Å². The number of halogens is 7. The molecule has 0 radical (unpaired) electrons. The first-order chi connectivity index (χ1) is 16.0. The number of amides is 2. The van der Waals surface area contributed by atoms with Crippen molar-refractivity contribution in [3.8, 4) is 0 Å². The molecule has 3 aromatic carbocycles. The van der Waals surface area contributed by atoms with Gasteiger partial charge in [-0.3, -0.25) is 9.59 Å². The summed E-state index contributed by atoms with van der Waals surface area (Å²) in [7, 11) is 0. The summed E-state index contributed by atoms with van der Waals surface area (Å²) in [5.74, 6) is -6.14. The van der Waals surface area contributed by atoms with Crippen molar-refractivity contribution in [2.24, 2.45) is 5.92 Å². The van der Waals surface area contributed by atoms with Crippen LogP contribution in [0.2, 0.25) is 10.0 Å². The van der Waals surface area contributed by atoms with Gasteiger partial charge in [-0.25, -0.2) is 13.2 Å². The summed E-state index contributed by atoms with van der Waals surface area (Å²) in [6.45, 7) is 0. The summed E-state index contributed by atoms with van der Waals surface area (Å²) in [6, 6.07) is 10.7. The number of carbonyl (C=O) groups excluding carboxylic acids is 2. The molecule has 4 rings (SSSR count). The number of alkyl halides is 2. The van der Waals surface area contributed by atoms with Gasteiger partial charge in [-0.1, -0.05) is 23.2 Å². The zero-order valence-corrected chi connectivity index (χ0v) is 19.8. The standard InChI is InChI=1S/C23H13Cl4F3N2O2/c24-11-5-10(6-12(25)7-11)19-20(23(19,26)27)22(34)32-18-8-15(16(29)9-17(18)30)21(33)31-14-3-1-13(28)2-4-14/h1-9,19-20H,(H,31,33)(H,32,34)/t19-,20+/m0/s1. The minimum atomic E-state index is -1.52. The highest BCUT2D eigenvalue weighted by molar-refractivity contribution is 6.53. The van der Waals surface area contributed by atoms with Crippen LogP contribution in [0.25, 0.3) is 0 Å². The van der Waals surface area contributed by atoms with Crippen LogP contribution in [-0.4, -0.2) is 16.1 Å². The highest BCUT2D eigenvalue weighted by Gasteiger charge is 2.67. The molecule has 1 aliphatic carbocycles. The van der Waals surface area contributed by atoms with Crippen LogP contribution in [0.15, 0.2) is 54.6 Å². The van der Waals surface area contributed by atoms with Gasteiger partial charge in [-0.2, -0.15) is 0 Å². The van der Waals surface area contributed by atoms with Crippen molar-refractivity contribution < 1.29 is 22.8 Å². The molecule has 0 bridgehead atoms. The lowest BCUT2D eigenvalue weighted by Gasteiger charge is -2.11. The fourth-order valence-corrected chi connectivity index (χ4v) is 4.95. The second kappa shape index (κ2) is 9.30. The molecule has 2 N–H and O–H groups in total. The van der Waals surface area contributed by atoms with Crippen molar-refractivity contribution in [3.05, 3.63) is 93.2 Å². The molecule has 1 fully saturated rings. The largest absolute Gasteiger partial charge is 0.323 e. The van der Waals surface area contributed by atoms with Crippen molar-refractivity contribution in [3.63, 3.8) is 0 Å². The van der Waals surface area contributed by atoms with Crippen molar-refractivity contribution >= 4 is 69.6 Å². The zero-order chi connectivity index (χ0) is 24.8. The average molecular weight is 548 g/mol. The van der Waals surface area contributed by atoms with Gasteiger partial charge in [0.15, 0.2) is 0 Å². The van der Waals surface area contributed by atoms with Crippen molar-refractivity contribution in [1.82, 2.24) is 0 Å². The molecule has 0 spiro atoms. The number of nitrogens with one attached hydrogen (secondary N) is 2. The lowest BCUT2D eigenvalue weighted by Crippen LogP contribution is -2.20. The third kappa shape index (κ3) is 4.98. The lowest BCUT2D eigenvalue weighted by atomic mass is 10.1. The zero-order valence-electron chi connectivity index (χ0n) is 16.8.